The van der Waals surface area contributed by atoms with E-state index in [4.69, 9.17) is 4.74 Å². The van der Waals surface area contributed by atoms with E-state index in [0.717, 1.165) is 121 Å². The van der Waals surface area contributed by atoms with Gasteiger partial charge >= 0.3 is 0 Å². The highest BCUT2D eigenvalue weighted by Gasteiger charge is 2.46. The highest BCUT2D eigenvalue weighted by Crippen LogP contribution is 2.48. The Morgan fingerprint density at radius 3 is 0.991 bits per heavy atom. The van der Waals surface area contributed by atoms with Gasteiger partial charge in [-0.25, -0.2) is 33.7 Å². The van der Waals surface area contributed by atoms with Gasteiger partial charge in [-0.05, 0) is 262 Å². The lowest BCUT2D eigenvalue weighted by Crippen LogP contribution is -2.46. The van der Waals surface area contributed by atoms with Gasteiger partial charge in [-0.2, -0.15) is 0 Å². The van der Waals surface area contributed by atoms with Gasteiger partial charge in [0.1, 0.15) is 0 Å². The van der Waals surface area contributed by atoms with Gasteiger partial charge in [0.2, 0.25) is 0 Å². The van der Waals surface area contributed by atoms with Crippen molar-refractivity contribution in [2.45, 2.75) is 433 Å². The summed E-state index contributed by atoms with van der Waals surface area (Å²) in [6.45, 7) is 98.0. The van der Waals surface area contributed by atoms with Gasteiger partial charge in [-0.3, -0.25) is 4.90 Å². The molecule has 6 aliphatic heterocycles. The highest BCUT2D eigenvalue weighted by atomic mass is 32.2. The summed E-state index contributed by atoms with van der Waals surface area (Å²) in [5.41, 5.74) is 2.44. The van der Waals surface area contributed by atoms with Gasteiger partial charge in [0.05, 0.1) is 57.7 Å². The Bertz CT molecular complexity index is 3050. The molecule has 7 aliphatic rings. The summed E-state index contributed by atoms with van der Waals surface area (Å²) < 4.78 is 104. The molecule has 11 nitrogen and oxygen atoms in total. The van der Waals surface area contributed by atoms with E-state index < -0.39 is 39.3 Å². The predicted octanol–water partition coefficient (Wildman–Crippen LogP) is 26.1. The largest absolute Gasteiger partial charge is 0.380 e. The van der Waals surface area contributed by atoms with E-state index in [0.29, 0.717) is 85.9 Å². The van der Waals surface area contributed by atoms with Gasteiger partial charge in [-0.15, -0.1) is 0 Å². The van der Waals surface area contributed by atoms with E-state index in [2.05, 4.69) is 252 Å². The van der Waals surface area contributed by atoms with Crippen molar-refractivity contribution >= 4 is 39.3 Å². The zero-order chi connectivity index (χ0) is 88.1. The van der Waals surface area contributed by atoms with Crippen molar-refractivity contribution < 1.29 is 38.4 Å². The molecule has 6 heterocycles. The summed E-state index contributed by atoms with van der Waals surface area (Å²) in [7, 11) is -11.7. The molecular formula is C97H196N2O9S4. The SMILES string of the molecule is CC(C)(C)C1CCC(C(C)(C)C)CS(=O)(=O)C1.CC(C)(C)C1CCC(C(C)(C)C)S(=O)(=O)CC1.CC(C)(C)C1CCCC(C(C)(C)C)CC1.CC(C)(C)C1CCCC(C(C)(C)C)S(=O)(=O)C1.CC(C)(C)C1CCCS(=O)(=O)C(C(C)(C)C)C1.CC(C)(C)C1COCCN(C(C)(C)C)C1.CC(C)N1CCCCC(C(C)(C)C)C1. The Kier molecular flexibility index (Phi) is 41.3. The summed E-state index contributed by atoms with van der Waals surface area (Å²) in [5, 5.41) is -0.508. The number of sulfone groups is 4. The smallest absolute Gasteiger partial charge is 0.153 e. The third-order valence-electron chi connectivity index (χ3n) is 28.1. The average Bonchev–Trinajstić information content (AvgIpc) is 1.58. The minimum absolute atomic E-state index is 0.0971. The van der Waals surface area contributed by atoms with Crippen molar-refractivity contribution in [3.05, 3.63) is 0 Å². The van der Waals surface area contributed by atoms with Crippen LogP contribution < -0.4 is 0 Å². The molecule has 672 valence electrons. The summed E-state index contributed by atoms with van der Waals surface area (Å²) in [6.07, 6.45) is 21.9. The molecule has 12 unspecified atom stereocenters. The molecular weight excluding hydrogens is 1470 g/mol. The third-order valence-corrected chi connectivity index (χ3v) is 37.8. The molecule has 6 saturated heterocycles. The summed E-state index contributed by atoms with van der Waals surface area (Å²) in [5.74, 6) is 7.26. The van der Waals surface area contributed by atoms with Gasteiger partial charge in [0.15, 0.2) is 39.3 Å². The Balaban J connectivity index is 0.000000654. The molecule has 112 heavy (non-hydrogen) atoms. The van der Waals surface area contributed by atoms with Gasteiger partial charge in [-0.1, -0.05) is 269 Å². The highest BCUT2D eigenvalue weighted by molar-refractivity contribution is 7.92. The number of hydrogen-bond donors (Lipinski definition) is 0. The Morgan fingerprint density at radius 2 is 0.607 bits per heavy atom. The fourth-order valence-electron chi connectivity index (χ4n) is 18.6. The summed E-state index contributed by atoms with van der Waals surface area (Å²) in [4.78, 5) is 5.21. The van der Waals surface area contributed by atoms with Gasteiger partial charge in [0, 0.05) is 31.2 Å². The maximum atomic E-state index is 12.5. The lowest BCUT2D eigenvalue weighted by molar-refractivity contribution is 0.0740. The van der Waals surface area contributed by atoms with Crippen molar-refractivity contribution in [1.82, 2.24) is 9.80 Å². The molecule has 0 spiro atoms. The Morgan fingerprint density at radius 1 is 0.277 bits per heavy atom. The van der Waals surface area contributed by atoms with Crippen LogP contribution >= 0.6 is 0 Å². The zero-order valence-corrected chi connectivity index (χ0v) is 85.7. The molecule has 0 aromatic heterocycles. The fraction of sp³-hybridized carbons (Fsp3) is 1.00. The lowest BCUT2D eigenvalue weighted by Gasteiger charge is -2.39. The molecule has 0 aromatic carbocycles. The first-order valence-corrected chi connectivity index (χ1v) is 52.5. The van der Waals surface area contributed by atoms with Crippen molar-refractivity contribution in [3.8, 4) is 0 Å². The van der Waals surface area contributed by atoms with Gasteiger partial charge < -0.3 is 9.64 Å². The third kappa shape index (κ3) is 39.7. The summed E-state index contributed by atoms with van der Waals surface area (Å²) >= 11 is 0. The minimum Gasteiger partial charge on any atom is -0.380 e. The van der Waals surface area contributed by atoms with Crippen LogP contribution in [0.4, 0.5) is 0 Å². The molecule has 0 bridgehead atoms. The Labute approximate surface area is 702 Å². The number of nitrogens with zero attached hydrogens (tertiary/aromatic N) is 2. The Hall–Kier alpha value is -0.320. The van der Waals surface area contributed by atoms with Crippen LogP contribution in [-0.2, 0) is 44.1 Å². The first-order valence-electron chi connectivity index (χ1n) is 45.5. The van der Waals surface area contributed by atoms with E-state index in [1.807, 2.05) is 41.5 Å². The first-order chi connectivity index (χ1) is 49.6. The number of ether oxygens (including phenoxy) is 1. The maximum absolute atomic E-state index is 12.5. The topological polar surface area (TPSA) is 152 Å². The molecule has 1 saturated carbocycles. The van der Waals surface area contributed by atoms with Crippen LogP contribution in [0.2, 0.25) is 0 Å². The molecule has 0 amide bonds. The second kappa shape index (κ2) is 42.2. The number of hydrogen-bond acceptors (Lipinski definition) is 11. The van der Waals surface area contributed by atoms with Crippen LogP contribution in [0.25, 0.3) is 0 Å². The zero-order valence-electron chi connectivity index (χ0n) is 82.4. The summed E-state index contributed by atoms with van der Waals surface area (Å²) in [6, 6.07) is 0.720. The number of rotatable bonds is 1. The van der Waals surface area contributed by atoms with Crippen LogP contribution in [-0.4, -0.2) is 139 Å². The van der Waals surface area contributed by atoms with Crippen molar-refractivity contribution in [3.63, 3.8) is 0 Å². The molecule has 15 heteroatoms. The standard InChI is InChI=1S/C15H30.4C14H28O2S.C13H27NO.C13H27N/c1-14(2,3)12-8-7-9-13(11-10-12)15(4,5)6;1-13(2,3)11-7-8-12(14(4,5)6)10-17(15,16)9-11;1-13(2,3)11-7-8-12(14(4,5)6)17(15,16)10-9-11;1-13(2,3)11-8-7-9-17(15,16)12(10-11)14(4,5)6;1-13(2,3)11-8-7-9-12(14(4,5)6)17(15,16)10-11;1-12(2,3)11-9-14(13(4,5)6)7-8-15-10-11;1-11(2)14-9-7-6-8-12(10-14)13(3,4)5/h12-13H,7-11H2,1-6H3;4*11-12H,7-10H2,1-6H3;11H,7-10H2,1-6H3;11-12H,6-10H2,1-5H3. The van der Waals surface area contributed by atoms with Crippen LogP contribution in [0.1, 0.15) is 406 Å². The van der Waals surface area contributed by atoms with E-state index in [1.54, 1.807) is 0 Å². The molecule has 0 aromatic rings. The molecule has 7 rings (SSSR count). The second-order valence-corrected chi connectivity index (χ2v) is 60.3. The number of likely N-dealkylation sites (tertiary alicyclic amines) is 1. The molecule has 0 radical (unpaired) electrons. The fourth-order valence-corrected chi connectivity index (χ4v) is 29.3. The quantitative estimate of drug-likeness (QED) is 0.231. The molecule has 12 atom stereocenters. The monoisotopic (exact) mass is 1660 g/mol. The van der Waals surface area contributed by atoms with Crippen LogP contribution in [0.5, 0.6) is 0 Å². The van der Waals surface area contributed by atoms with Gasteiger partial charge in [0.25, 0.3) is 0 Å². The first kappa shape index (κ1) is 110. The van der Waals surface area contributed by atoms with Crippen molar-refractivity contribution in [2.24, 2.45) is 118 Å². The normalized spacial score (nSPS) is 29.7. The van der Waals surface area contributed by atoms with Crippen LogP contribution in [0, 0.1) is 118 Å². The second-order valence-electron chi connectivity index (χ2n) is 51.3. The van der Waals surface area contributed by atoms with Crippen LogP contribution in [0.3, 0.4) is 0 Å². The predicted molar refractivity (Wildman–Crippen MR) is 493 cm³/mol. The average molecular weight is 1660 g/mol. The molecule has 7 fully saturated rings. The van der Waals surface area contributed by atoms with E-state index >= 15 is 0 Å². The molecule has 1 aliphatic carbocycles. The molecule has 0 N–H and O–H groups in total. The van der Waals surface area contributed by atoms with E-state index in [-0.39, 0.29) is 64.6 Å². The van der Waals surface area contributed by atoms with E-state index in [9.17, 15) is 33.7 Å². The van der Waals surface area contributed by atoms with Crippen LogP contribution in [0.15, 0.2) is 0 Å². The van der Waals surface area contributed by atoms with Crippen molar-refractivity contribution in [1.29, 1.82) is 0 Å². The maximum Gasteiger partial charge on any atom is 0.153 e. The van der Waals surface area contributed by atoms with Crippen molar-refractivity contribution in [2.75, 3.05) is 68.2 Å². The van der Waals surface area contributed by atoms with E-state index in [1.165, 1.54) is 64.5 Å². The minimum atomic E-state index is -2.95. The lowest BCUT2D eigenvalue weighted by atomic mass is 9.73.